The normalized spacial score (nSPS) is 11.1. The van der Waals surface area contributed by atoms with Gasteiger partial charge in [0.25, 0.3) is 0 Å². The Morgan fingerprint density at radius 2 is 1.55 bits per heavy atom. The van der Waals surface area contributed by atoms with Gasteiger partial charge in [-0.1, -0.05) is 54.6 Å². The highest BCUT2D eigenvalue weighted by Gasteiger charge is 2.13. The van der Waals surface area contributed by atoms with E-state index in [1.54, 1.807) is 11.3 Å². The maximum atomic E-state index is 12.8. The molecule has 0 atom stereocenters. The van der Waals surface area contributed by atoms with Gasteiger partial charge in [-0.25, -0.2) is 0 Å². The third kappa shape index (κ3) is 2.22. The highest BCUT2D eigenvalue weighted by Crippen LogP contribution is 2.29. The van der Waals surface area contributed by atoms with Gasteiger partial charge in [-0.2, -0.15) is 0 Å². The highest BCUT2D eigenvalue weighted by atomic mass is 32.1. The van der Waals surface area contributed by atoms with Crippen LogP contribution in [0.25, 0.3) is 21.5 Å². The molecule has 0 bridgehead atoms. The lowest BCUT2D eigenvalue weighted by molar-refractivity contribution is 0.0995. The van der Waals surface area contributed by atoms with Gasteiger partial charge in [0.05, 0.1) is 0 Å². The first-order valence-electron chi connectivity index (χ1n) is 7.29. The van der Waals surface area contributed by atoms with E-state index >= 15 is 0 Å². The van der Waals surface area contributed by atoms with Crippen molar-refractivity contribution in [3.8, 4) is 0 Å². The van der Waals surface area contributed by atoms with Gasteiger partial charge in [-0.15, -0.1) is 11.3 Å². The summed E-state index contributed by atoms with van der Waals surface area (Å²) in [6, 6.07) is 22.5. The second kappa shape index (κ2) is 5.39. The fourth-order valence-corrected chi connectivity index (χ4v) is 3.66. The molecule has 0 aliphatic carbocycles. The SMILES string of the molecule is O=C(Cc1cccs1)c1cc2ccccc2c2ccccc12. The van der Waals surface area contributed by atoms with E-state index in [0.717, 1.165) is 26.6 Å². The van der Waals surface area contributed by atoms with E-state index in [-0.39, 0.29) is 5.78 Å². The molecule has 106 valence electrons. The molecule has 0 radical (unpaired) electrons. The third-order valence-electron chi connectivity index (χ3n) is 3.98. The van der Waals surface area contributed by atoms with Crippen molar-refractivity contribution in [3.05, 3.63) is 82.6 Å². The maximum Gasteiger partial charge on any atom is 0.168 e. The van der Waals surface area contributed by atoms with Crippen LogP contribution in [0.4, 0.5) is 0 Å². The number of hydrogen-bond acceptors (Lipinski definition) is 2. The van der Waals surface area contributed by atoms with Crippen LogP contribution in [-0.4, -0.2) is 5.78 Å². The number of Topliss-reactive ketones (excluding diaryl/α,β-unsaturated/α-hetero) is 1. The first-order chi connectivity index (χ1) is 10.8. The molecular formula is C20H14OS. The molecule has 1 heterocycles. The van der Waals surface area contributed by atoms with Crippen LogP contribution in [0.15, 0.2) is 72.1 Å². The van der Waals surface area contributed by atoms with Crippen LogP contribution in [-0.2, 0) is 6.42 Å². The van der Waals surface area contributed by atoms with Crippen molar-refractivity contribution in [3.63, 3.8) is 0 Å². The van der Waals surface area contributed by atoms with Gasteiger partial charge in [-0.3, -0.25) is 4.79 Å². The van der Waals surface area contributed by atoms with Crippen molar-refractivity contribution in [1.82, 2.24) is 0 Å². The maximum absolute atomic E-state index is 12.8. The summed E-state index contributed by atoms with van der Waals surface area (Å²) in [5.74, 6) is 0.185. The molecule has 0 spiro atoms. The van der Waals surface area contributed by atoms with Gasteiger partial charge in [0, 0.05) is 16.9 Å². The average Bonchev–Trinajstić information content (AvgIpc) is 3.07. The van der Waals surface area contributed by atoms with Gasteiger partial charge in [-0.05, 0) is 39.1 Å². The number of fused-ring (bicyclic) bond motifs is 3. The molecule has 0 saturated heterocycles. The van der Waals surface area contributed by atoms with Crippen LogP contribution in [0.5, 0.6) is 0 Å². The Kier molecular flexibility index (Phi) is 3.24. The molecule has 0 saturated carbocycles. The molecule has 0 unspecified atom stereocenters. The molecule has 22 heavy (non-hydrogen) atoms. The third-order valence-corrected chi connectivity index (χ3v) is 4.86. The second-order valence-corrected chi connectivity index (χ2v) is 6.40. The molecule has 1 nitrogen and oxygen atoms in total. The van der Waals surface area contributed by atoms with Crippen molar-refractivity contribution < 1.29 is 4.79 Å². The summed E-state index contributed by atoms with van der Waals surface area (Å²) in [5, 5.41) is 6.53. The largest absolute Gasteiger partial charge is 0.294 e. The van der Waals surface area contributed by atoms with Gasteiger partial charge >= 0.3 is 0 Å². The van der Waals surface area contributed by atoms with Crippen LogP contribution < -0.4 is 0 Å². The van der Waals surface area contributed by atoms with Crippen molar-refractivity contribution >= 4 is 38.7 Å². The van der Waals surface area contributed by atoms with Gasteiger partial charge in [0.2, 0.25) is 0 Å². The van der Waals surface area contributed by atoms with Gasteiger partial charge < -0.3 is 0 Å². The smallest absolute Gasteiger partial charge is 0.168 e. The van der Waals surface area contributed by atoms with Crippen molar-refractivity contribution in [1.29, 1.82) is 0 Å². The Morgan fingerprint density at radius 1 is 0.818 bits per heavy atom. The molecule has 0 aliphatic heterocycles. The summed E-state index contributed by atoms with van der Waals surface area (Å²) < 4.78 is 0. The van der Waals surface area contributed by atoms with E-state index in [9.17, 15) is 4.79 Å². The van der Waals surface area contributed by atoms with Crippen molar-refractivity contribution in [2.24, 2.45) is 0 Å². The molecule has 1 aromatic heterocycles. The highest BCUT2D eigenvalue weighted by molar-refractivity contribution is 7.10. The van der Waals surface area contributed by atoms with Gasteiger partial charge in [0.1, 0.15) is 0 Å². The predicted octanol–water partition coefficient (Wildman–Crippen LogP) is 5.48. The number of carbonyl (C=O) groups is 1. The van der Waals surface area contributed by atoms with E-state index in [1.807, 2.05) is 53.9 Å². The average molecular weight is 302 g/mol. The number of thiophene rings is 1. The lowest BCUT2D eigenvalue weighted by Gasteiger charge is -2.09. The summed E-state index contributed by atoms with van der Waals surface area (Å²) in [6.45, 7) is 0. The Balaban J connectivity index is 1.93. The van der Waals surface area contributed by atoms with Crippen LogP contribution in [0.1, 0.15) is 15.2 Å². The fourth-order valence-electron chi connectivity index (χ4n) is 2.95. The fraction of sp³-hybridized carbons (Fsp3) is 0.0500. The summed E-state index contributed by atoms with van der Waals surface area (Å²) >= 11 is 1.63. The molecular weight excluding hydrogens is 288 g/mol. The predicted molar refractivity (Wildman–Crippen MR) is 93.8 cm³/mol. The topological polar surface area (TPSA) is 17.1 Å². The summed E-state index contributed by atoms with van der Waals surface area (Å²) in [7, 11) is 0. The van der Waals surface area contributed by atoms with Crippen LogP contribution in [0, 0.1) is 0 Å². The molecule has 0 aliphatic rings. The summed E-state index contributed by atoms with van der Waals surface area (Å²) in [5.41, 5.74) is 0.822. The van der Waals surface area contributed by atoms with Crippen molar-refractivity contribution in [2.75, 3.05) is 0 Å². The minimum atomic E-state index is 0.185. The zero-order valence-corrected chi connectivity index (χ0v) is 12.8. The number of ketones is 1. The number of carbonyl (C=O) groups excluding carboxylic acids is 1. The molecule has 2 heteroatoms. The van der Waals surface area contributed by atoms with E-state index in [4.69, 9.17) is 0 Å². The lowest BCUT2D eigenvalue weighted by Crippen LogP contribution is -2.03. The van der Waals surface area contributed by atoms with Crippen LogP contribution in [0.3, 0.4) is 0 Å². The van der Waals surface area contributed by atoms with Crippen LogP contribution in [0.2, 0.25) is 0 Å². The Morgan fingerprint density at radius 3 is 2.32 bits per heavy atom. The minimum absolute atomic E-state index is 0.185. The van der Waals surface area contributed by atoms with E-state index in [1.165, 1.54) is 5.39 Å². The zero-order valence-electron chi connectivity index (χ0n) is 12.0. The van der Waals surface area contributed by atoms with Crippen LogP contribution >= 0.6 is 11.3 Å². The molecule has 0 amide bonds. The molecule has 0 N–H and O–H groups in total. The Bertz CT molecular complexity index is 968. The summed E-state index contributed by atoms with van der Waals surface area (Å²) in [6.07, 6.45) is 0.472. The first kappa shape index (κ1) is 13.2. The first-order valence-corrected chi connectivity index (χ1v) is 8.17. The quantitative estimate of drug-likeness (QED) is 0.362. The Hall–Kier alpha value is -2.45. The second-order valence-electron chi connectivity index (χ2n) is 5.37. The number of rotatable bonds is 3. The monoisotopic (exact) mass is 302 g/mol. The number of hydrogen-bond donors (Lipinski definition) is 0. The lowest BCUT2D eigenvalue weighted by atomic mass is 9.94. The van der Waals surface area contributed by atoms with Crippen molar-refractivity contribution in [2.45, 2.75) is 6.42 Å². The molecule has 3 aromatic carbocycles. The Labute approximate surface area is 132 Å². The van der Waals surface area contributed by atoms with E-state index < -0.39 is 0 Å². The molecule has 0 fully saturated rings. The zero-order chi connectivity index (χ0) is 14.9. The standard InChI is InChI=1S/C20H14OS/c21-20(13-15-7-5-11-22-15)19-12-14-6-1-2-8-16(14)17-9-3-4-10-18(17)19/h1-12H,13H2. The van der Waals surface area contributed by atoms with E-state index in [2.05, 4.69) is 18.2 Å². The summed E-state index contributed by atoms with van der Waals surface area (Å²) in [4.78, 5) is 13.9. The van der Waals surface area contributed by atoms with Gasteiger partial charge in [0.15, 0.2) is 5.78 Å². The molecule has 4 rings (SSSR count). The number of benzene rings is 3. The minimum Gasteiger partial charge on any atom is -0.294 e. The molecule has 4 aromatic rings. The van der Waals surface area contributed by atoms with E-state index in [0.29, 0.717) is 6.42 Å².